The Bertz CT molecular complexity index is 1360. The number of nitrogen functional groups attached to an aromatic ring is 1. The van der Waals surface area contributed by atoms with Crippen LogP contribution in [0.2, 0.25) is 0 Å². The van der Waals surface area contributed by atoms with Crippen molar-refractivity contribution in [1.29, 1.82) is 0 Å². The van der Waals surface area contributed by atoms with Gasteiger partial charge < -0.3 is 20.0 Å². The predicted octanol–water partition coefficient (Wildman–Crippen LogP) is 1.81. The number of benzene rings is 1. The van der Waals surface area contributed by atoms with Crippen LogP contribution in [0.25, 0.3) is 17.4 Å². The van der Waals surface area contributed by atoms with E-state index in [1.54, 1.807) is 30.5 Å². The molecule has 0 spiro atoms. The fourth-order valence-corrected chi connectivity index (χ4v) is 4.88. The highest BCUT2D eigenvalue weighted by molar-refractivity contribution is 5.85. The van der Waals surface area contributed by atoms with Crippen LogP contribution in [0.3, 0.4) is 0 Å². The Kier molecular flexibility index (Phi) is 5.72. The van der Waals surface area contributed by atoms with Crippen LogP contribution in [-0.2, 0) is 11.3 Å². The van der Waals surface area contributed by atoms with E-state index in [1.807, 2.05) is 9.80 Å². The van der Waals surface area contributed by atoms with Crippen LogP contribution in [0.1, 0.15) is 18.4 Å². The zero-order chi connectivity index (χ0) is 24.6. The van der Waals surface area contributed by atoms with E-state index in [4.69, 9.17) is 10.2 Å². The van der Waals surface area contributed by atoms with Gasteiger partial charge in [0, 0.05) is 39.3 Å². The average molecular weight is 492 g/mol. The lowest BCUT2D eigenvalue weighted by molar-refractivity contribution is -0.134. The molecule has 3 aromatic heterocycles. The van der Waals surface area contributed by atoms with Gasteiger partial charge in [-0.05, 0) is 42.7 Å². The third-order valence-corrected chi connectivity index (χ3v) is 6.76. The summed E-state index contributed by atoms with van der Waals surface area (Å²) in [5.41, 5.74) is 7.23. The van der Waals surface area contributed by atoms with E-state index in [2.05, 4.69) is 25.0 Å². The second-order valence-electron chi connectivity index (χ2n) is 9.09. The van der Waals surface area contributed by atoms with E-state index in [0.29, 0.717) is 42.9 Å². The van der Waals surface area contributed by atoms with Gasteiger partial charge in [-0.1, -0.05) is 12.1 Å². The molecule has 5 heterocycles. The number of rotatable bonds is 5. The Hall–Kier alpha value is -4.06. The van der Waals surface area contributed by atoms with E-state index in [1.165, 1.54) is 16.6 Å². The lowest BCUT2D eigenvalue weighted by Gasteiger charge is -2.37. The molecule has 2 saturated heterocycles. The smallest absolute Gasteiger partial charge is 0.259 e. The second kappa shape index (κ2) is 9.19. The van der Waals surface area contributed by atoms with E-state index in [0.717, 1.165) is 38.0 Å². The quantitative estimate of drug-likeness (QED) is 0.445. The molecule has 186 valence electrons. The van der Waals surface area contributed by atoms with Crippen molar-refractivity contribution in [2.45, 2.75) is 25.4 Å². The lowest BCUT2D eigenvalue weighted by atomic mass is 10.1. The summed E-state index contributed by atoms with van der Waals surface area (Å²) in [5.74, 6) is 1.55. The Morgan fingerprint density at radius 1 is 1.06 bits per heavy atom. The van der Waals surface area contributed by atoms with Crippen molar-refractivity contribution in [2.75, 3.05) is 43.4 Å². The maximum atomic E-state index is 13.5. The molecule has 2 N–H and O–H groups in total. The largest absolute Gasteiger partial charge is 0.461 e. The number of fused-ring (bicyclic) bond motifs is 1. The normalized spacial score (nSPS) is 18.9. The number of hydrogen-bond donors (Lipinski definition) is 1. The van der Waals surface area contributed by atoms with Gasteiger partial charge in [0.1, 0.15) is 11.9 Å². The van der Waals surface area contributed by atoms with Gasteiger partial charge in [-0.25, -0.2) is 4.39 Å². The van der Waals surface area contributed by atoms with Gasteiger partial charge in [-0.3, -0.25) is 9.69 Å². The first kappa shape index (κ1) is 22.4. The van der Waals surface area contributed by atoms with Crippen LogP contribution < -0.4 is 10.6 Å². The number of carbonyl (C=O) groups is 1. The Labute approximate surface area is 206 Å². The minimum absolute atomic E-state index is 0.0775. The summed E-state index contributed by atoms with van der Waals surface area (Å²) in [6.07, 6.45) is 3.14. The maximum Gasteiger partial charge on any atom is 0.259 e. The Morgan fingerprint density at radius 3 is 2.61 bits per heavy atom. The molecule has 2 aliphatic rings. The van der Waals surface area contributed by atoms with Crippen molar-refractivity contribution in [3.05, 3.63) is 54.0 Å². The first-order valence-electron chi connectivity index (χ1n) is 12.0. The molecule has 0 saturated carbocycles. The molecule has 2 fully saturated rings. The van der Waals surface area contributed by atoms with Crippen LogP contribution in [-0.4, -0.2) is 79.0 Å². The summed E-state index contributed by atoms with van der Waals surface area (Å²) < 4.78 is 19.9. The molecule has 1 aromatic carbocycles. The number of halogens is 1. The number of carbonyl (C=O) groups excluding carboxylic acids is 1. The van der Waals surface area contributed by atoms with Crippen LogP contribution in [0.4, 0.5) is 16.3 Å². The van der Waals surface area contributed by atoms with E-state index in [9.17, 15) is 9.18 Å². The SMILES string of the molecule is Nc1nc(N2CCC[C@H]2C(=O)N2CCN(Cc3ccc(F)cc3)CC2)nc2nc(-c3ccco3)nn12. The number of anilines is 2. The Morgan fingerprint density at radius 2 is 1.86 bits per heavy atom. The number of nitrogens with two attached hydrogens (primary N) is 1. The van der Waals surface area contributed by atoms with Gasteiger partial charge in [0.05, 0.1) is 6.26 Å². The van der Waals surface area contributed by atoms with E-state index in [-0.39, 0.29) is 23.7 Å². The molecule has 4 aromatic rings. The van der Waals surface area contributed by atoms with Crippen molar-refractivity contribution in [3.63, 3.8) is 0 Å². The molecule has 36 heavy (non-hydrogen) atoms. The zero-order valence-electron chi connectivity index (χ0n) is 19.6. The number of aromatic nitrogens is 5. The van der Waals surface area contributed by atoms with E-state index < -0.39 is 0 Å². The minimum atomic E-state index is -0.344. The first-order chi connectivity index (χ1) is 17.5. The number of hydrogen-bond acceptors (Lipinski definition) is 9. The number of piperazine rings is 1. The molecule has 0 bridgehead atoms. The van der Waals surface area contributed by atoms with Gasteiger partial charge in [0.15, 0.2) is 5.76 Å². The van der Waals surface area contributed by atoms with Gasteiger partial charge >= 0.3 is 0 Å². The minimum Gasteiger partial charge on any atom is -0.461 e. The van der Waals surface area contributed by atoms with Crippen LogP contribution in [0.15, 0.2) is 47.1 Å². The van der Waals surface area contributed by atoms with Crippen molar-refractivity contribution in [1.82, 2.24) is 34.4 Å². The molecule has 0 unspecified atom stereocenters. The molecule has 0 aliphatic carbocycles. The van der Waals surface area contributed by atoms with Crippen molar-refractivity contribution < 1.29 is 13.6 Å². The molecule has 0 radical (unpaired) electrons. The monoisotopic (exact) mass is 491 g/mol. The number of nitrogens with zero attached hydrogens (tertiary/aromatic N) is 8. The molecule has 1 atom stereocenters. The average Bonchev–Trinajstić information content (AvgIpc) is 3.66. The Balaban J connectivity index is 1.15. The van der Waals surface area contributed by atoms with Gasteiger partial charge in [0.2, 0.25) is 23.6 Å². The fraction of sp³-hybridized carbons (Fsp3) is 0.375. The number of furan rings is 1. The molecule has 1 amide bonds. The summed E-state index contributed by atoms with van der Waals surface area (Å²) in [7, 11) is 0. The lowest BCUT2D eigenvalue weighted by Crippen LogP contribution is -2.53. The van der Waals surface area contributed by atoms with Gasteiger partial charge in [-0.2, -0.15) is 19.5 Å². The summed E-state index contributed by atoms with van der Waals surface area (Å²) >= 11 is 0. The fourth-order valence-electron chi connectivity index (χ4n) is 4.88. The highest BCUT2D eigenvalue weighted by Crippen LogP contribution is 2.26. The third-order valence-electron chi connectivity index (χ3n) is 6.76. The molecule has 6 rings (SSSR count). The second-order valence-corrected chi connectivity index (χ2v) is 9.09. The summed E-state index contributed by atoms with van der Waals surface area (Å²) in [4.78, 5) is 33.0. The summed E-state index contributed by atoms with van der Waals surface area (Å²) in [6, 6.07) is 9.74. The van der Waals surface area contributed by atoms with Gasteiger partial charge in [0.25, 0.3) is 5.78 Å². The maximum absolute atomic E-state index is 13.5. The highest BCUT2D eigenvalue weighted by atomic mass is 19.1. The van der Waals surface area contributed by atoms with Crippen molar-refractivity contribution >= 4 is 23.6 Å². The van der Waals surface area contributed by atoms with Crippen molar-refractivity contribution in [3.8, 4) is 11.6 Å². The summed E-state index contributed by atoms with van der Waals surface area (Å²) in [5, 5.41) is 4.34. The predicted molar refractivity (Wildman–Crippen MR) is 129 cm³/mol. The topological polar surface area (TPSA) is 122 Å². The zero-order valence-corrected chi connectivity index (χ0v) is 19.6. The first-order valence-corrected chi connectivity index (χ1v) is 12.0. The molecule has 2 aliphatic heterocycles. The number of amides is 1. The highest BCUT2D eigenvalue weighted by Gasteiger charge is 2.36. The summed E-state index contributed by atoms with van der Waals surface area (Å²) in [6.45, 7) is 4.21. The van der Waals surface area contributed by atoms with Crippen LogP contribution in [0, 0.1) is 5.82 Å². The van der Waals surface area contributed by atoms with E-state index >= 15 is 0 Å². The standard InChI is InChI=1S/C24H26FN9O2/c25-17-7-5-16(6-8-17)15-31-10-12-32(13-11-31)21(35)18-3-1-9-33(18)23-28-22(26)34-24(29-23)27-20(30-34)19-4-2-14-36-19/h2,4-8,14,18H,1,3,9-13,15H2,(H2,26,27,28,29,30)/t18-/m0/s1. The third kappa shape index (κ3) is 4.24. The molecule has 12 heteroatoms. The van der Waals surface area contributed by atoms with Gasteiger partial charge in [-0.15, -0.1) is 5.10 Å². The molecular weight excluding hydrogens is 465 g/mol. The van der Waals surface area contributed by atoms with Crippen LogP contribution >= 0.6 is 0 Å². The molecular formula is C24H26FN9O2. The van der Waals surface area contributed by atoms with Crippen molar-refractivity contribution in [2.24, 2.45) is 0 Å². The van der Waals surface area contributed by atoms with Crippen LogP contribution in [0.5, 0.6) is 0 Å². The molecule has 11 nitrogen and oxygen atoms in total.